The van der Waals surface area contributed by atoms with E-state index in [0.717, 1.165) is 56.3 Å². The van der Waals surface area contributed by atoms with Gasteiger partial charge in [0.25, 0.3) is 0 Å². The molecule has 0 fully saturated rings. The lowest BCUT2D eigenvalue weighted by molar-refractivity contribution is 0.260. The monoisotopic (exact) mass is 440 g/mol. The molecule has 31 heavy (non-hydrogen) atoms. The highest BCUT2D eigenvalue weighted by Gasteiger charge is 2.25. The molecule has 6 nitrogen and oxygen atoms in total. The van der Waals surface area contributed by atoms with E-state index in [-0.39, 0.29) is 5.41 Å². The Kier molecular flexibility index (Phi) is 5.94. The first-order chi connectivity index (χ1) is 14.7. The lowest BCUT2D eigenvalue weighted by Gasteiger charge is -2.25. The standard InChI is InChI=1S/C24H32N4O2S/c1-24(2,15-26-3)18-10-12-19(13-11-18)31(25,30)28-23(29)27-22-20-8-4-6-16(20)14-17-7-5-9-21(17)22/h10-14,26H,4-9,15H2,1-3H3,(H3,25,27,28,29,30)/t31-/m0/s1. The summed E-state index contributed by atoms with van der Waals surface area (Å²) in [5, 5.41) is 12.2. The Morgan fingerprint density at radius 3 is 2.19 bits per heavy atom. The van der Waals surface area contributed by atoms with Crippen molar-refractivity contribution < 1.29 is 9.00 Å². The number of urea groups is 1. The molecule has 2 aromatic rings. The largest absolute Gasteiger partial charge is 0.354 e. The molecule has 0 heterocycles. The van der Waals surface area contributed by atoms with Gasteiger partial charge in [-0.2, -0.15) is 0 Å². The van der Waals surface area contributed by atoms with E-state index in [2.05, 4.69) is 34.9 Å². The summed E-state index contributed by atoms with van der Waals surface area (Å²) < 4.78 is 17.0. The minimum Gasteiger partial charge on any atom is -0.319 e. The van der Waals surface area contributed by atoms with E-state index in [1.54, 1.807) is 12.1 Å². The Bertz CT molecular complexity index is 1100. The van der Waals surface area contributed by atoms with Gasteiger partial charge in [0.2, 0.25) is 0 Å². The van der Waals surface area contributed by atoms with E-state index in [4.69, 9.17) is 5.14 Å². The van der Waals surface area contributed by atoms with Crippen molar-refractivity contribution in [3.8, 4) is 0 Å². The molecule has 2 amide bonds. The second-order valence-corrected chi connectivity index (χ2v) is 11.1. The van der Waals surface area contributed by atoms with Crippen molar-refractivity contribution in [1.29, 1.82) is 0 Å². The minimum absolute atomic E-state index is 0.0780. The van der Waals surface area contributed by atoms with E-state index >= 15 is 0 Å². The lowest BCUT2D eigenvalue weighted by Crippen LogP contribution is -2.30. The number of carbonyl (C=O) groups excluding carboxylic acids is 1. The fourth-order valence-corrected chi connectivity index (χ4v) is 5.84. The molecule has 0 radical (unpaired) electrons. The van der Waals surface area contributed by atoms with Crippen molar-refractivity contribution in [2.45, 2.75) is 62.7 Å². The molecule has 4 N–H and O–H groups in total. The van der Waals surface area contributed by atoms with Gasteiger partial charge >= 0.3 is 6.03 Å². The Morgan fingerprint density at radius 1 is 1.06 bits per heavy atom. The molecule has 0 aliphatic heterocycles. The highest BCUT2D eigenvalue weighted by molar-refractivity contribution is 7.91. The number of fused-ring (bicyclic) bond motifs is 2. The maximum atomic E-state index is 13.1. The van der Waals surface area contributed by atoms with Gasteiger partial charge in [-0.1, -0.05) is 32.0 Å². The number of benzene rings is 2. The van der Waals surface area contributed by atoms with Crippen LogP contribution in [0.1, 0.15) is 54.5 Å². The van der Waals surface area contributed by atoms with Crippen LogP contribution in [0.2, 0.25) is 0 Å². The topological polar surface area (TPSA) is 96.6 Å². The van der Waals surface area contributed by atoms with Crippen LogP contribution in [0.15, 0.2) is 39.6 Å². The molecule has 0 saturated heterocycles. The second kappa shape index (κ2) is 8.37. The number of hydrogen-bond donors (Lipinski definition) is 3. The van der Waals surface area contributed by atoms with Crippen molar-refractivity contribution in [3.05, 3.63) is 58.1 Å². The van der Waals surface area contributed by atoms with Crippen LogP contribution >= 0.6 is 0 Å². The summed E-state index contributed by atoms with van der Waals surface area (Å²) in [7, 11) is -1.42. The first-order valence-corrected chi connectivity index (χ1v) is 12.6. The highest BCUT2D eigenvalue weighted by atomic mass is 32.2. The molecular formula is C24H32N4O2S. The van der Waals surface area contributed by atoms with Gasteiger partial charge in [-0.3, -0.25) is 0 Å². The molecule has 0 aromatic heterocycles. The third-order valence-electron chi connectivity index (χ3n) is 6.52. The zero-order valence-electron chi connectivity index (χ0n) is 18.6. The van der Waals surface area contributed by atoms with Crippen LogP contribution < -0.4 is 15.8 Å². The molecule has 0 saturated carbocycles. The van der Waals surface area contributed by atoms with Crippen molar-refractivity contribution in [2.24, 2.45) is 9.50 Å². The smallest absolute Gasteiger partial charge is 0.319 e. The van der Waals surface area contributed by atoms with Gasteiger partial charge in [0.1, 0.15) is 9.92 Å². The van der Waals surface area contributed by atoms with Gasteiger partial charge in [-0.25, -0.2) is 14.1 Å². The number of amides is 2. The van der Waals surface area contributed by atoms with Crippen LogP contribution in [0.5, 0.6) is 0 Å². The van der Waals surface area contributed by atoms with Crippen molar-refractivity contribution in [2.75, 3.05) is 18.9 Å². The molecule has 1 atom stereocenters. The van der Waals surface area contributed by atoms with Crippen molar-refractivity contribution in [1.82, 2.24) is 5.32 Å². The Balaban J connectivity index is 1.59. The molecular weight excluding hydrogens is 408 g/mol. The maximum Gasteiger partial charge on any atom is 0.354 e. The van der Waals surface area contributed by atoms with Crippen molar-refractivity contribution in [3.63, 3.8) is 0 Å². The molecule has 2 aromatic carbocycles. The number of rotatable bonds is 5. The number of nitrogens with zero attached hydrogens (tertiary/aromatic N) is 1. The number of hydrogen-bond acceptors (Lipinski definition) is 3. The summed E-state index contributed by atoms with van der Waals surface area (Å²) in [5.74, 6) is 0. The summed E-state index contributed by atoms with van der Waals surface area (Å²) >= 11 is 0. The van der Waals surface area contributed by atoms with Gasteiger partial charge in [0.15, 0.2) is 0 Å². The van der Waals surface area contributed by atoms with Crippen LogP contribution in [0.4, 0.5) is 10.5 Å². The Hall–Kier alpha value is -2.22. The van der Waals surface area contributed by atoms with E-state index in [9.17, 15) is 9.00 Å². The summed E-state index contributed by atoms with van der Waals surface area (Å²) in [6.45, 7) is 5.07. The van der Waals surface area contributed by atoms with E-state index in [1.165, 1.54) is 22.3 Å². The van der Waals surface area contributed by atoms with Gasteiger partial charge in [-0.05, 0) is 85.5 Å². The van der Waals surface area contributed by atoms with Gasteiger partial charge in [0, 0.05) is 17.6 Å². The molecule has 0 unspecified atom stereocenters. The summed E-state index contributed by atoms with van der Waals surface area (Å²) in [6.07, 6.45) is 6.21. The zero-order valence-corrected chi connectivity index (χ0v) is 19.4. The SMILES string of the molecule is CNCC(C)(C)c1ccc([S@@](N)(=O)=NC(=O)Nc2c3c(cc4c2CCC4)CCC3)cc1. The number of anilines is 1. The number of aryl methyl sites for hydroxylation is 2. The molecule has 7 heteroatoms. The first kappa shape index (κ1) is 22.0. The lowest BCUT2D eigenvalue weighted by atomic mass is 9.85. The minimum atomic E-state index is -3.33. The summed E-state index contributed by atoms with van der Waals surface area (Å²) in [6, 6.07) is 8.91. The maximum absolute atomic E-state index is 13.1. The van der Waals surface area contributed by atoms with Gasteiger partial charge in [0.05, 0.1) is 4.90 Å². The van der Waals surface area contributed by atoms with Crippen LogP contribution in [0.25, 0.3) is 0 Å². The van der Waals surface area contributed by atoms with Crippen LogP contribution in [-0.4, -0.2) is 23.8 Å². The van der Waals surface area contributed by atoms with E-state index in [1.807, 2.05) is 19.2 Å². The molecule has 0 bridgehead atoms. The average Bonchev–Trinajstić information content (AvgIpc) is 3.36. The average molecular weight is 441 g/mol. The third kappa shape index (κ3) is 4.40. The number of nitrogens with one attached hydrogen (secondary N) is 2. The zero-order chi connectivity index (χ0) is 22.2. The van der Waals surface area contributed by atoms with Crippen LogP contribution in [0.3, 0.4) is 0 Å². The Labute approximate surface area is 185 Å². The first-order valence-electron chi connectivity index (χ1n) is 11.0. The van der Waals surface area contributed by atoms with E-state index < -0.39 is 15.9 Å². The van der Waals surface area contributed by atoms with Gasteiger partial charge < -0.3 is 10.6 Å². The normalized spacial score (nSPS) is 17.0. The van der Waals surface area contributed by atoms with Crippen LogP contribution in [-0.2, 0) is 41.0 Å². The van der Waals surface area contributed by atoms with Crippen LogP contribution in [0, 0.1) is 0 Å². The number of carbonyl (C=O) groups is 1. The van der Waals surface area contributed by atoms with E-state index in [0.29, 0.717) is 4.90 Å². The highest BCUT2D eigenvalue weighted by Crippen LogP contribution is 2.38. The third-order valence-corrected chi connectivity index (χ3v) is 7.90. The Morgan fingerprint density at radius 2 is 1.65 bits per heavy atom. The summed E-state index contributed by atoms with van der Waals surface area (Å²) in [5.41, 5.74) is 6.98. The predicted octanol–water partition coefficient (Wildman–Crippen LogP) is 4.09. The fraction of sp³-hybridized carbons (Fsp3) is 0.458. The fourth-order valence-electron chi connectivity index (χ4n) is 4.92. The predicted molar refractivity (Wildman–Crippen MR) is 126 cm³/mol. The van der Waals surface area contributed by atoms with Crippen molar-refractivity contribution >= 4 is 21.6 Å². The number of nitrogens with two attached hydrogens (primary N) is 1. The second-order valence-electron chi connectivity index (χ2n) is 9.26. The molecule has 2 aliphatic rings. The number of likely N-dealkylation sites (N-methyl/N-ethyl adjacent to an activating group) is 1. The van der Waals surface area contributed by atoms with Gasteiger partial charge in [-0.15, -0.1) is 4.36 Å². The molecule has 2 aliphatic carbocycles. The molecule has 4 rings (SSSR count). The quantitative estimate of drug-likeness (QED) is 0.653. The summed E-state index contributed by atoms with van der Waals surface area (Å²) in [4.78, 5) is 13.1. The molecule has 0 spiro atoms. The molecule has 166 valence electrons.